The maximum absolute atomic E-state index is 12.3. The fraction of sp³-hybridized carbons (Fsp3) is 0.250. The molecule has 0 spiro atoms. The summed E-state index contributed by atoms with van der Waals surface area (Å²) in [6.45, 7) is 2.80. The number of fused-ring (bicyclic) bond motifs is 1. The number of carbonyl (C=O) groups is 1. The molecule has 0 saturated heterocycles. The van der Waals surface area contributed by atoms with Gasteiger partial charge in [0, 0.05) is 17.2 Å². The summed E-state index contributed by atoms with van der Waals surface area (Å²) in [5.41, 5.74) is 2.15. The molecule has 0 radical (unpaired) electrons. The van der Waals surface area contributed by atoms with E-state index in [0.29, 0.717) is 46.9 Å². The number of methoxy groups -OCH3 is 2. The zero-order chi connectivity index (χ0) is 19.4. The molecule has 0 saturated carbocycles. The lowest BCUT2D eigenvalue weighted by Crippen LogP contribution is -2.16. The first-order chi connectivity index (χ1) is 13.0. The monoisotopic (exact) mass is 389 g/mol. The van der Waals surface area contributed by atoms with Gasteiger partial charge >= 0.3 is 0 Å². The summed E-state index contributed by atoms with van der Waals surface area (Å²) >= 11 is 6.09. The van der Waals surface area contributed by atoms with E-state index in [-0.39, 0.29) is 5.91 Å². The summed E-state index contributed by atoms with van der Waals surface area (Å²) in [7, 11) is 3.08. The zero-order valence-corrected chi connectivity index (χ0v) is 16.1. The van der Waals surface area contributed by atoms with E-state index in [1.165, 1.54) is 13.2 Å². The van der Waals surface area contributed by atoms with E-state index < -0.39 is 0 Å². The molecular formula is C20H20ClNO5. The first kappa shape index (κ1) is 18.9. The molecule has 0 bridgehead atoms. The molecule has 0 aliphatic carbocycles. The summed E-state index contributed by atoms with van der Waals surface area (Å²) in [6, 6.07) is 7.01. The van der Waals surface area contributed by atoms with Crippen molar-refractivity contribution in [3.8, 4) is 23.0 Å². The molecule has 3 rings (SSSR count). The van der Waals surface area contributed by atoms with Crippen LogP contribution in [0.1, 0.15) is 11.1 Å². The minimum Gasteiger partial charge on any atom is -0.495 e. The van der Waals surface area contributed by atoms with Crippen LogP contribution in [0.15, 0.2) is 30.3 Å². The van der Waals surface area contributed by atoms with Gasteiger partial charge in [-0.15, -0.1) is 0 Å². The first-order valence-corrected chi connectivity index (χ1v) is 8.70. The molecule has 1 heterocycles. The number of nitrogens with one attached hydrogen (secondary N) is 1. The average molecular weight is 390 g/mol. The fourth-order valence-corrected chi connectivity index (χ4v) is 2.82. The van der Waals surface area contributed by atoms with Crippen molar-refractivity contribution < 1.29 is 23.7 Å². The van der Waals surface area contributed by atoms with Gasteiger partial charge in [0.25, 0.3) is 0 Å². The Balaban J connectivity index is 1.79. The number of rotatable bonds is 5. The average Bonchev–Trinajstić information content (AvgIpc) is 2.68. The van der Waals surface area contributed by atoms with Gasteiger partial charge in [-0.2, -0.15) is 0 Å². The van der Waals surface area contributed by atoms with E-state index in [0.717, 1.165) is 11.1 Å². The van der Waals surface area contributed by atoms with Crippen molar-refractivity contribution in [3.63, 3.8) is 0 Å². The quantitative estimate of drug-likeness (QED) is 0.780. The Hall–Kier alpha value is -2.86. The van der Waals surface area contributed by atoms with Gasteiger partial charge in [0.05, 0.1) is 19.9 Å². The Kier molecular flexibility index (Phi) is 5.76. The number of hydrogen-bond acceptors (Lipinski definition) is 5. The number of amides is 1. The van der Waals surface area contributed by atoms with Crippen LogP contribution < -0.4 is 24.3 Å². The summed E-state index contributed by atoms with van der Waals surface area (Å²) in [4.78, 5) is 12.3. The van der Waals surface area contributed by atoms with Crippen molar-refractivity contribution in [3.05, 3.63) is 46.5 Å². The van der Waals surface area contributed by atoms with Crippen LogP contribution in [0.3, 0.4) is 0 Å². The minimum absolute atomic E-state index is 0.302. The molecule has 1 amide bonds. The van der Waals surface area contributed by atoms with E-state index in [2.05, 4.69) is 5.32 Å². The van der Waals surface area contributed by atoms with Crippen LogP contribution in [-0.2, 0) is 4.79 Å². The number of ether oxygens (including phenoxy) is 4. The molecule has 6 nitrogen and oxygen atoms in total. The minimum atomic E-state index is -0.302. The van der Waals surface area contributed by atoms with Gasteiger partial charge < -0.3 is 24.3 Å². The van der Waals surface area contributed by atoms with Gasteiger partial charge in [0.15, 0.2) is 11.5 Å². The molecule has 0 unspecified atom stereocenters. The molecular weight excluding hydrogens is 370 g/mol. The maximum Gasteiger partial charge on any atom is 0.248 e. The largest absolute Gasteiger partial charge is 0.495 e. The van der Waals surface area contributed by atoms with Crippen molar-refractivity contribution >= 4 is 29.3 Å². The summed E-state index contributed by atoms with van der Waals surface area (Å²) in [5, 5.41) is 3.37. The molecule has 7 heteroatoms. The number of aryl methyl sites for hydroxylation is 1. The normalized spacial score (nSPS) is 12.7. The maximum atomic E-state index is 12.3. The predicted octanol–water partition coefficient (Wildman–Crippen LogP) is 4.09. The molecule has 1 N–H and O–H groups in total. The number of benzene rings is 2. The van der Waals surface area contributed by atoms with Gasteiger partial charge in [-0.05, 0) is 42.3 Å². The smallest absolute Gasteiger partial charge is 0.248 e. The molecule has 1 aliphatic heterocycles. The zero-order valence-electron chi connectivity index (χ0n) is 15.3. The Morgan fingerprint density at radius 2 is 1.85 bits per heavy atom. The summed E-state index contributed by atoms with van der Waals surface area (Å²) < 4.78 is 21.8. The lowest BCUT2D eigenvalue weighted by atomic mass is 10.1. The lowest BCUT2D eigenvalue weighted by molar-refractivity contribution is -0.111. The highest BCUT2D eigenvalue weighted by Crippen LogP contribution is 2.40. The van der Waals surface area contributed by atoms with Gasteiger partial charge in [-0.3, -0.25) is 4.79 Å². The van der Waals surface area contributed by atoms with E-state index in [1.807, 2.05) is 6.92 Å². The Labute approximate surface area is 162 Å². The first-order valence-electron chi connectivity index (χ1n) is 8.32. The Morgan fingerprint density at radius 3 is 2.59 bits per heavy atom. The van der Waals surface area contributed by atoms with Gasteiger partial charge in [0.1, 0.15) is 19.0 Å². The second-order valence-electron chi connectivity index (χ2n) is 5.87. The van der Waals surface area contributed by atoms with Gasteiger partial charge in [0.2, 0.25) is 11.7 Å². The molecule has 142 valence electrons. The van der Waals surface area contributed by atoms with E-state index in [4.69, 9.17) is 30.5 Å². The van der Waals surface area contributed by atoms with Crippen LogP contribution >= 0.6 is 11.6 Å². The molecule has 0 aromatic heterocycles. The number of anilines is 1. The highest BCUT2D eigenvalue weighted by Gasteiger charge is 2.18. The third-order valence-corrected chi connectivity index (χ3v) is 4.42. The van der Waals surface area contributed by atoms with Crippen molar-refractivity contribution in [2.24, 2.45) is 0 Å². The standard InChI is InChI=1S/C20H20ClNO5/c1-12-8-15(16(24-2)11-14(12)21)22-19(23)5-4-13-9-17(25-3)20-18(10-13)26-6-7-27-20/h4-5,8-11H,6-7H2,1-3H3,(H,22,23)/b5-4+. The molecule has 2 aromatic rings. The van der Waals surface area contributed by atoms with Crippen molar-refractivity contribution in [1.82, 2.24) is 0 Å². The third-order valence-electron chi connectivity index (χ3n) is 4.02. The molecule has 0 fully saturated rings. The highest BCUT2D eigenvalue weighted by molar-refractivity contribution is 6.31. The second-order valence-corrected chi connectivity index (χ2v) is 6.28. The molecule has 1 aliphatic rings. The van der Waals surface area contributed by atoms with Gasteiger partial charge in [-0.1, -0.05) is 11.6 Å². The van der Waals surface area contributed by atoms with Crippen molar-refractivity contribution in [2.75, 3.05) is 32.8 Å². The van der Waals surface area contributed by atoms with E-state index in [9.17, 15) is 4.79 Å². The van der Waals surface area contributed by atoms with Gasteiger partial charge in [-0.25, -0.2) is 0 Å². The van der Waals surface area contributed by atoms with Crippen LogP contribution in [0.5, 0.6) is 23.0 Å². The summed E-state index contributed by atoms with van der Waals surface area (Å²) in [5.74, 6) is 1.92. The SMILES string of the molecule is COc1cc(Cl)c(C)cc1NC(=O)/C=C/c1cc(OC)c2c(c1)OCCO2. The Morgan fingerprint density at radius 1 is 1.11 bits per heavy atom. The van der Waals surface area contributed by atoms with Crippen molar-refractivity contribution in [2.45, 2.75) is 6.92 Å². The number of hydrogen-bond donors (Lipinski definition) is 1. The third kappa shape index (κ3) is 4.28. The van der Waals surface area contributed by atoms with E-state index in [1.54, 1.807) is 37.5 Å². The van der Waals surface area contributed by atoms with E-state index >= 15 is 0 Å². The number of carbonyl (C=O) groups excluding carboxylic acids is 1. The second kappa shape index (κ2) is 8.22. The van der Waals surface area contributed by atoms with Crippen LogP contribution in [0.25, 0.3) is 6.08 Å². The van der Waals surface area contributed by atoms with Crippen LogP contribution in [-0.4, -0.2) is 33.3 Å². The predicted molar refractivity (Wildman–Crippen MR) is 104 cm³/mol. The fourth-order valence-electron chi connectivity index (χ4n) is 2.67. The van der Waals surface area contributed by atoms with Crippen LogP contribution in [0, 0.1) is 6.92 Å². The molecule has 27 heavy (non-hydrogen) atoms. The highest BCUT2D eigenvalue weighted by atomic mass is 35.5. The Bertz CT molecular complexity index is 877. The van der Waals surface area contributed by atoms with Crippen LogP contribution in [0.2, 0.25) is 5.02 Å². The van der Waals surface area contributed by atoms with Crippen molar-refractivity contribution in [1.29, 1.82) is 0 Å². The summed E-state index contributed by atoms with van der Waals surface area (Å²) in [6.07, 6.45) is 3.10. The number of halogens is 1. The molecule has 0 atom stereocenters. The topological polar surface area (TPSA) is 66.0 Å². The molecule has 2 aromatic carbocycles. The van der Waals surface area contributed by atoms with Crippen LogP contribution in [0.4, 0.5) is 5.69 Å². The lowest BCUT2D eigenvalue weighted by Gasteiger charge is -2.20.